The Balaban J connectivity index is 2.17. The first kappa shape index (κ1) is 12.0. The third kappa shape index (κ3) is 3.25. The van der Waals surface area contributed by atoms with Crippen LogP contribution in [0.25, 0.3) is 0 Å². The number of hydrogen-bond acceptors (Lipinski definition) is 4. The molecular weight excluding hydrogens is 237 g/mol. The molecule has 0 amide bonds. The third-order valence-corrected chi connectivity index (χ3v) is 3.06. The molecule has 1 heterocycles. The van der Waals surface area contributed by atoms with Crippen LogP contribution in [-0.2, 0) is 6.54 Å². The minimum absolute atomic E-state index is 0.241. The first-order valence-corrected chi connectivity index (χ1v) is 5.99. The average Bonchev–Trinajstić information content (AvgIpc) is 2.34. The first-order valence-electron chi connectivity index (χ1n) is 5.17. The fourth-order valence-electron chi connectivity index (χ4n) is 1.38. The van der Waals surface area contributed by atoms with Crippen molar-refractivity contribution < 1.29 is 4.39 Å². The van der Waals surface area contributed by atoms with Gasteiger partial charge in [-0.1, -0.05) is 6.07 Å². The molecule has 1 aromatic carbocycles. The molecule has 0 spiro atoms. The van der Waals surface area contributed by atoms with Gasteiger partial charge in [0.2, 0.25) is 0 Å². The molecule has 0 saturated heterocycles. The molecule has 0 atom stereocenters. The molecule has 0 aliphatic heterocycles. The molecule has 0 saturated carbocycles. The van der Waals surface area contributed by atoms with Crippen molar-refractivity contribution in [3.63, 3.8) is 0 Å². The largest absolute Gasteiger partial charge is 0.316 e. The highest BCUT2D eigenvalue weighted by atomic mass is 32.2. The van der Waals surface area contributed by atoms with Gasteiger partial charge >= 0.3 is 0 Å². The molecule has 1 aromatic heterocycles. The van der Waals surface area contributed by atoms with E-state index in [0.29, 0.717) is 16.6 Å². The Labute approximate surface area is 103 Å². The van der Waals surface area contributed by atoms with Crippen molar-refractivity contribution >= 4 is 11.8 Å². The number of nitrogens with zero attached hydrogens (tertiary/aromatic N) is 2. The van der Waals surface area contributed by atoms with E-state index >= 15 is 0 Å². The maximum atomic E-state index is 13.8. The van der Waals surface area contributed by atoms with E-state index in [1.54, 1.807) is 24.5 Å². The lowest BCUT2D eigenvalue weighted by Gasteiger charge is -2.04. The van der Waals surface area contributed by atoms with Crippen LogP contribution >= 0.6 is 11.8 Å². The van der Waals surface area contributed by atoms with Crippen molar-refractivity contribution in [1.82, 2.24) is 15.3 Å². The predicted molar refractivity (Wildman–Crippen MR) is 65.3 cm³/mol. The summed E-state index contributed by atoms with van der Waals surface area (Å²) in [6.07, 6.45) is 3.28. The number of hydrogen-bond donors (Lipinski definition) is 1. The number of benzene rings is 1. The van der Waals surface area contributed by atoms with Crippen LogP contribution < -0.4 is 5.32 Å². The molecule has 0 aliphatic carbocycles. The molecule has 2 rings (SSSR count). The molecule has 17 heavy (non-hydrogen) atoms. The number of aromatic nitrogens is 2. The highest BCUT2D eigenvalue weighted by molar-refractivity contribution is 7.99. The summed E-state index contributed by atoms with van der Waals surface area (Å²) < 4.78 is 13.8. The standard InChI is InChI=1S/C12H12FN3S/c1-14-8-9-3-4-11(10(13)7-9)17-12-15-5-2-6-16-12/h2-7,14H,8H2,1H3. The lowest BCUT2D eigenvalue weighted by atomic mass is 10.2. The molecule has 88 valence electrons. The van der Waals surface area contributed by atoms with Crippen molar-refractivity contribution in [2.24, 2.45) is 0 Å². The monoisotopic (exact) mass is 249 g/mol. The fraction of sp³-hybridized carbons (Fsp3) is 0.167. The van der Waals surface area contributed by atoms with Crippen LogP contribution in [0.4, 0.5) is 4.39 Å². The van der Waals surface area contributed by atoms with Gasteiger partial charge in [0.15, 0.2) is 5.16 Å². The number of nitrogens with one attached hydrogen (secondary N) is 1. The second-order valence-corrected chi connectivity index (χ2v) is 4.44. The molecule has 0 bridgehead atoms. The van der Waals surface area contributed by atoms with Gasteiger partial charge in [-0.2, -0.15) is 0 Å². The highest BCUT2D eigenvalue weighted by Crippen LogP contribution is 2.27. The number of rotatable bonds is 4. The quantitative estimate of drug-likeness (QED) is 0.845. The van der Waals surface area contributed by atoms with E-state index in [1.807, 2.05) is 13.1 Å². The summed E-state index contributed by atoms with van der Waals surface area (Å²) in [7, 11) is 1.83. The lowest BCUT2D eigenvalue weighted by Crippen LogP contribution is -2.05. The Hall–Kier alpha value is -1.46. The van der Waals surface area contributed by atoms with Gasteiger partial charge in [-0.25, -0.2) is 14.4 Å². The van der Waals surface area contributed by atoms with Gasteiger partial charge in [0.05, 0.1) is 4.90 Å². The predicted octanol–water partition coefficient (Wildman–Crippen LogP) is 2.49. The van der Waals surface area contributed by atoms with Crippen LogP contribution in [-0.4, -0.2) is 17.0 Å². The SMILES string of the molecule is CNCc1ccc(Sc2ncccn2)c(F)c1. The van der Waals surface area contributed by atoms with E-state index in [-0.39, 0.29) is 5.82 Å². The summed E-state index contributed by atoms with van der Waals surface area (Å²) in [5, 5.41) is 3.53. The van der Waals surface area contributed by atoms with Gasteiger partial charge in [0.25, 0.3) is 0 Å². The van der Waals surface area contributed by atoms with Crippen LogP contribution in [0.3, 0.4) is 0 Å². The maximum Gasteiger partial charge on any atom is 0.192 e. The Morgan fingerprint density at radius 2 is 2.06 bits per heavy atom. The molecule has 0 radical (unpaired) electrons. The summed E-state index contributed by atoms with van der Waals surface area (Å²) >= 11 is 1.22. The smallest absolute Gasteiger partial charge is 0.192 e. The maximum absolute atomic E-state index is 13.8. The van der Waals surface area contributed by atoms with Crippen LogP contribution in [0.15, 0.2) is 46.7 Å². The van der Waals surface area contributed by atoms with Gasteiger partial charge in [-0.05, 0) is 42.6 Å². The average molecular weight is 249 g/mol. The molecule has 0 unspecified atom stereocenters. The van der Waals surface area contributed by atoms with Gasteiger partial charge in [0.1, 0.15) is 5.82 Å². The second-order valence-electron chi connectivity index (χ2n) is 3.43. The van der Waals surface area contributed by atoms with Crippen molar-refractivity contribution in [2.75, 3.05) is 7.05 Å². The van der Waals surface area contributed by atoms with E-state index in [0.717, 1.165) is 5.56 Å². The van der Waals surface area contributed by atoms with E-state index < -0.39 is 0 Å². The Morgan fingerprint density at radius 3 is 2.71 bits per heavy atom. The summed E-state index contributed by atoms with van der Waals surface area (Å²) in [5.74, 6) is -0.241. The molecule has 0 aliphatic rings. The molecular formula is C12H12FN3S. The van der Waals surface area contributed by atoms with E-state index in [1.165, 1.54) is 17.8 Å². The highest BCUT2D eigenvalue weighted by Gasteiger charge is 2.06. The van der Waals surface area contributed by atoms with Crippen molar-refractivity contribution in [1.29, 1.82) is 0 Å². The van der Waals surface area contributed by atoms with Gasteiger partial charge < -0.3 is 5.32 Å². The van der Waals surface area contributed by atoms with Crippen molar-refractivity contribution in [3.8, 4) is 0 Å². The summed E-state index contributed by atoms with van der Waals surface area (Å²) in [6, 6.07) is 6.91. The summed E-state index contributed by atoms with van der Waals surface area (Å²) in [6.45, 7) is 0.656. The van der Waals surface area contributed by atoms with E-state index in [4.69, 9.17) is 0 Å². The number of halogens is 1. The van der Waals surface area contributed by atoms with E-state index in [2.05, 4.69) is 15.3 Å². The Kier molecular flexibility index (Phi) is 4.06. The topological polar surface area (TPSA) is 37.8 Å². The third-order valence-electron chi connectivity index (χ3n) is 2.12. The van der Waals surface area contributed by atoms with Gasteiger partial charge in [-0.15, -0.1) is 0 Å². The van der Waals surface area contributed by atoms with E-state index in [9.17, 15) is 4.39 Å². The Bertz CT molecular complexity index is 490. The summed E-state index contributed by atoms with van der Waals surface area (Å²) in [4.78, 5) is 8.63. The van der Waals surface area contributed by atoms with Crippen LogP contribution in [0.1, 0.15) is 5.56 Å². The van der Waals surface area contributed by atoms with Crippen LogP contribution in [0, 0.1) is 5.82 Å². The zero-order valence-electron chi connectivity index (χ0n) is 9.35. The molecule has 2 aromatic rings. The Morgan fingerprint density at radius 1 is 1.29 bits per heavy atom. The first-order chi connectivity index (χ1) is 8.29. The fourth-order valence-corrected chi connectivity index (χ4v) is 2.09. The van der Waals surface area contributed by atoms with Crippen LogP contribution in [0.2, 0.25) is 0 Å². The van der Waals surface area contributed by atoms with Gasteiger partial charge in [0, 0.05) is 18.9 Å². The molecule has 1 N–H and O–H groups in total. The lowest BCUT2D eigenvalue weighted by molar-refractivity contribution is 0.597. The zero-order chi connectivity index (χ0) is 12.1. The normalized spacial score (nSPS) is 10.5. The molecule has 0 fully saturated rings. The second kappa shape index (κ2) is 5.75. The van der Waals surface area contributed by atoms with Crippen molar-refractivity contribution in [2.45, 2.75) is 16.6 Å². The van der Waals surface area contributed by atoms with Gasteiger partial charge in [-0.3, -0.25) is 0 Å². The van der Waals surface area contributed by atoms with Crippen LogP contribution in [0.5, 0.6) is 0 Å². The molecule has 5 heteroatoms. The zero-order valence-corrected chi connectivity index (χ0v) is 10.2. The summed E-state index contributed by atoms with van der Waals surface area (Å²) in [5.41, 5.74) is 0.920. The minimum atomic E-state index is -0.241. The van der Waals surface area contributed by atoms with Crippen molar-refractivity contribution in [3.05, 3.63) is 48.0 Å². The molecule has 3 nitrogen and oxygen atoms in total. The minimum Gasteiger partial charge on any atom is -0.316 e.